The van der Waals surface area contributed by atoms with Crippen LogP contribution in [0.5, 0.6) is 0 Å². The van der Waals surface area contributed by atoms with E-state index in [1.54, 1.807) is 0 Å². The van der Waals surface area contributed by atoms with Crippen molar-refractivity contribution in [2.45, 2.75) is 0 Å². The van der Waals surface area contributed by atoms with Crippen molar-refractivity contribution in [2.24, 2.45) is 0 Å². The molecule has 0 aliphatic carbocycles. The number of hydrogen-bond acceptors (Lipinski definition) is 3. The van der Waals surface area contributed by atoms with Gasteiger partial charge in [-0.25, -0.2) is 9.97 Å². The predicted octanol–water partition coefficient (Wildman–Crippen LogP) is 17.0. The first-order valence-electron chi connectivity index (χ1n) is 22.8. The number of thiophene rings is 1. The second-order valence-corrected chi connectivity index (χ2v) is 18.7. The minimum atomic E-state index is 0.720. The van der Waals surface area contributed by atoms with Crippen molar-refractivity contribution in [1.29, 1.82) is 0 Å². The Morgan fingerprint density at radius 3 is 1.87 bits per heavy atom. The molecule has 0 bridgehead atoms. The Balaban J connectivity index is 0.942. The second-order valence-electron chi connectivity index (χ2n) is 17.7. The van der Waals surface area contributed by atoms with Crippen molar-refractivity contribution in [1.82, 2.24) is 19.1 Å². The van der Waals surface area contributed by atoms with Gasteiger partial charge in [0.2, 0.25) is 0 Å². The van der Waals surface area contributed by atoms with Crippen LogP contribution in [0.1, 0.15) is 0 Å². The molecule has 0 aliphatic rings. The van der Waals surface area contributed by atoms with E-state index in [9.17, 15) is 0 Å². The zero-order chi connectivity index (χ0) is 43.7. The van der Waals surface area contributed by atoms with Gasteiger partial charge in [-0.1, -0.05) is 158 Å². The molecule has 4 nitrogen and oxygen atoms in total. The van der Waals surface area contributed by atoms with Gasteiger partial charge in [0.15, 0.2) is 5.82 Å². The molecule has 4 aromatic heterocycles. The third-order valence-electron chi connectivity index (χ3n) is 14.1. The maximum Gasteiger partial charge on any atom is 0.161 e. The molecule has 4 heterocycles. The molecule has 0 aliphatic heterocycles. The summed E-state index contributed by atoms with van der Waals surface area (Å²) >= 11 is 1.83. The van der Waals surface area contributed by atoms with Crippen molar-refractivity contribution in [2.75, 3.05) is 0 Å². The summed E-state index contributed by atoms with van der Waals surface area (Å²) in [5, 5.41) is 15.7. The Kier molecular flexibility index (Phi) is 7.63. The zero-order valence-electron chi connectivity index (χ0n) is 36.0. The molecule has 0 radical (unpaired) electrons. The Bertz CT molecular complexity index is 4590. The summed E-state index contributed by atoms with van der Waals surface area (Å²) in [6.45, 7) is 0. The van der Waals surface area contributed by atoms with E-state index >= 15 is 0 Å². The highest BCUT2D eigenvalue weighted by Crippen LogP contribution is 2.44. The van der Waals surface area contributed by atoms with Gasteiger partial charge in [0.05, 0.1) is 39.0 Å². The van der Waals surface area contributed by atoms with Gasteiger partial charge in [-0.15, -0.1) is 11.3 Å². The monoisotopic (exact) mass is 868 g/mol. The molecule has 15 rings (SSSR count). The number of rotatable bonds is 4. The van der Waals surface area contributed by atoms with Crippen LogP contribution in [0.4, 0.5) is 0 Å². The van der Waals surface area contributed by atoms with Crippen molar-refractivity contribution < 1.29 is 0 Å². The molecule has 0 unspecified atom stereocenters. The molecule has 0 saturated carbocycles. The lowest BCUT2D eigenvalue weighted by Crippen LogP contribution is -1.98. The number of hydrogen-bond donors (Lipinski definition) is 0. The van der Waals surface area contributed by atoms with Crippen LogP contribution < -0.4 is 0 Å². The van der Waals surface area contributed by atoms with Gasteiger partial charge in [0, 0.05) is 74.7 Å². The topological polar surface area (TPSA) is 35.6 Å². The first-order chi connectivity index (χ1) is 33.2. The average molecular weight is 869 g/mol. The molecule has 67 heavy (non-hydrogen) atoms. The molecule has 0 saturated heterocycles. The van der Waals surface area contributed by atoms with Crippen LogP contribution in [0.3, 0.4) is 0 Å². The molecule has 11 aromatic carbocycles. The smallest absolute Gasteiger partial charge is 0.161 e. The van der Waals surface area contributed by atoms with Crippen LogP contribution in [0.15, 0.2) is 218 Å². The quantitative estimate of drug-likeness (QED) is 0.177. The van der Waals surface area contributed by atoms with Crippen molar-refractivity contribution in [3.05, 3.63) is 218 Å². The van der Waals surface area contributed by atoms with E-state index in [0.717, 1.165) is 50.0 Å². The predicted molar refractivity (Wildman–Crippen MR) is 284 cm³/mol. The highest BCUT2D eigenvalue weighted by atomic mass is 32.1. The maximum absolute atomic E-state index is 5.48. The second kappa shape index (κ2) is 13.9. The molecule has 0 N–H and O–H groups in total. The van der Waals surface area contributed by atoms with Crippen LogP contribution in [-0.4, -0.2) is 19.1 Å². The van der Waals surface area contributed by atoms with Gasteiger partial charge in [0.25, 0.3) is 0 Å². The Hall–Kier alpha value is -8.64. The SMILES string of the molecule is c1cc(-c2nc(-c3cccc4sc5ccccc5c34)c3ccccc3n2)c2ccc(-n3c4ccccc4c4cc5cccc(-n6c7ccccc7c7ccc8ccccc8c76)c5cc43)cc2c1. The molecule has 0 spiro atoms. The van der Waals surface area contributed by atoms with Crippen molar-refractivity contribution >= 4 is 118 Å². The fraction of sp³-hybridized carbons (Fsp3) is 0. The Morgan fingerprint density at radius 2 is 0.985 bits per heavy atom. The van der Waals surface area contributed by atoms with E-state index in [0.29, 0.717) is 0 Å². The normalized spacial score (nSPS) is 12.2. The van der Waals surface area contributed by atoms with E-state index in [4.69, 9.17) is 9.97 Å². The number of benzene rings is 11. The summed E-state index contributed by atoms with van der Waals surface area (Å²) < 4.78 is 7.48. The number of para-hydroxylation sites is 3. The van der Waals surface area contributed by atoms with E-state index in [-0.39, 0.29) is 0 Å². The molecule has 310 valence electrons. The first-order valence-corrected chi connectivity index (χ1v) is 23.6. The van der Waals surface area contributed by atoms with E-state index in [1.165, 1.54) is 91.0 Å². The molecular formula is C62H36N4S. The molecule has 0 amide bonds. The third-order valence-corrected chi connectivity index (χ3v) is 15.2. The van der Waals surface area contributed by atoms with Gasteiger partial charge in [-0.2, -0.15) is 0 Å². The first kappa shape index (κ1) is 36.7. The van der Waals surface area contributed by atoms with Crippen molar-refractivity contribution in [3.8, 4) is 34.0 Å². The minimum absolute atomic E-state index is 0.720. The minimum Gasteiger partial charge on any atom is -0.309 e. The number of aromatic nitrogens is 4. The third kappa shape index (κ3) is 5.29. The lowest BCUT2D eigenvalue weighted by Gasteiger charge is -2.15. The van der Waals surface area contributed by atoms with Crippen molar-refractivity contribution in [3.63, 3.8) is 0 Å². The summed E-state index contributed by atoms with van der Waals surface area (Å²) in [5.41, 5.74) is 11.1. The van der Waals surface area contributed by atoms with E-state index < -0.39 is 0 Å². The summed E-state index contributed by atoms with van der Waals surface area (Å²) in [5.74, 6) is 0.720. The molecule has 5 heteroatoms. The summed E-state index contributed by atoms with van der Waals surface area (Å²) in [6.07, 6.45) is 0. The lowest BCUT2D eigenvalue weighted by atomic mass is 9.99. The molecule has 0 atom stereocenters. The summed E-state index contributed by atoms with van der Waals surface area (Å²) in [7, 11) is 0. The van der Waals surface area contributed by atoms with E-state index in [2.05, 4.69) is 228 Å². The average Bonchev–Trinajstić information content (AvgIpc) is 4.05. The number of nitrogens with zero attached hydrogens (tertiary/aromatic N) is 4. The molecule has 0 fully saturated rings. The fourth-order valence-corrected chi connectivity index (χ4v) is 12.3. The van der Waals surface area contributed by atoms with Gasteiger partial charge in [0.1, 0.15) is 0 Å². The Labute approximate surface area is 387 Å². The summed E-state index contributed by atoms with van der Waals surface area (Å²) in [6, 6.07) is 79.7. The van der Waals surface area contributed by atoms with Crippen LogP contribution in [0, 0.1) is 0 Å². The Morgan fingerprint density at radius 1 is 0.343 bits per heavy atom. The van der Waals surface area contributed by atoms with Gasteiger partial charge in [-0.3, -0.25) is 0 Å². The standard InChI is InChI=1S/C62H36N4S/c1-2-17-42-37(14-1)30-32-45-43-18-4-9-26-54(43)66(61(42)45)55-27-12-16-39-35-51-44-19-5-8-25-53(44)65(56(51)36-50(39)55)40-31-33-41-38(34-40)15-11-22-46(41)62-63-52-24-7-3-20-47(52)60(64-62)49-23-13-29-58-59(49)48-21-6-10-28-57(48)67-58/h1-36H. The van der Waals surface area contributed by atoms with Crippen LogP contribution in [0.2, 0.25) is 0 Å². The highest BCUT2D eigenvalue weighted by Gasteiger charge is 2.21. The lowest BCUT2D eigenvalue weighted by molar-refractivity contribution is 1.18. The largest absolute Gasteiger partial charge is 0.309 e. The zero-order valence-corrected chi connectivity index (χ0v) is 36.8. The molecule has 15 aromatic rings. The fourth-order valence-electron chi connectivity index (χ4n) is 11.2. The van der Waals surface area contributed by atoms with Gasteiger partial charge < -0.3 is 9.13 Å². The molecular weight excluding hydrogens is 833 g/mol. The maximum atomic E-state index is 5.48. The number of fused-ring (bicyclic) bond motifs is 14. The highest BCUT2D eigenvalue weighted by molar-refractivity contribution is 7.25. The van der Waals surface area contributed by atoms with Crippen LogP contribution in [-0.2, 0) is 0 Å². The van der Waals surface area contributed by atoms with Crippen LogP contribution in [0.25, 0.3) is 141 Å². The van der Waals surface area contributed by atoms with Crippen LogP contribution >= 0.6 is 11.3 Å². The van der Waals surface area contributed by atoms with Gasteiger partial charge >= 0.3 is 0 Å². The van der Waals surface area contributed by atoms with Gasteiger partial charge in [-0.05, 0) is 82.2 Å². The van der Waals surface area contributed by atoms with E-state index in [1.807, 2.05) is 11.3 Å². The summed E-state index contributed by atoms with van der Waals surface area (Å²) in [4.78, 5) is 10.7.